The van der Waals surface area contributed by atoms with Crippen molar-refractivity contribution in [1.82, 2.24) is 10.3 Å². The van der Waals surface area contributed by atoms with Gasteiger partial charge in [0, 0.05) is 19.2 Å². The number of aliphatic hydroxyl groups is 1. The average molecular weight is 281 g/mol. The summed E-state index contributed by atoms with van der Waals surface area (Å²) >= 11 is 0. The molecular formula is C16H15N3O2. The molecule has 5 nitrogen and oxygen atoms in total. The molecule has 0 saturated carbocycles. The van der Waals surface area contributed by atoms with Crippen LogP contribution >= 0.6 is 0 Å². The molecule has 1 atom stereocenters. The third-order valence-corrected chi connectivity index (χ3v) is 2.94. The Morgan fingerprint density at radius 2 is 2.05 bits per heavy atom. The number of nitrogens with zero attached hydrogens (tertiary/aromatic N) is 2. The number of rotatable bonds is 5. The van der Waals surface area contributed by atoms with E-state index < -0.39 is 6.10 Å². The number of carbonyl (C=O) groups excluding carboxylic acids is 1. The predicted molar refractivity (Wildman–Crippen MR) is 77.4 cm³/mol. The molecule has 0 saturated heterocycles. The summed E-state index contributed by atoms with van der Waals surface area (Å²) in [4.78, 5) is 15.7. The lowest BCUT2D eigenvalue weighted by Crippen LogP contribution is -2.33. The highest BCUT2D eigenvalue weighted by Gasteiger charge is 2.10. The number of aliphatic hydroxyl groups excluding tert-OH is 1. The number of nitrogens with one attached hydrogen (secondary N) is 1. The fourth-order valence-electron chi connectivity index (χ4n) is 1.85. The second-order valence-corrected chi connectivity index (χ2v) is 4.60. The SMILES string of the molecule is N#Cc1ccc(C(=O)NCC(O)Cc2ccccc2)nc1. The molecule has 2 aromatic rings. The van der Waals surface area contributed by atoms with Gasteiger partial charge in [-0.2, -0.15) is 5.26 Å². The monoisotopic (exact) mass is 281 g/mol. The molecule has 1 amide bonds. The summed E-state index contributed by atoms with van der Waals surface area (Å²) in [7, 11) is 0. The van der Waals surface area contributed by atoms with Gasteiger partial charge >= 0.3 is 0 Å². The van der Waals surface area contributed by atoms with Crippen molar-refractivity contribution in [3.05, 3.63) is 65.5 Å². The van der Waals surface area contributed by atoms with Gasteiger partial charge in [0.1, 0.15) is 11.8 Å². The first kappa shape index (κ1) is 14.7. The molecule has 0 aliphatic carbocycles. The number of nitriles is 1. The van der Waals surface area contributed by atoms with Crippen molar-refractivity contribution in [3.63, 3.8) is 0 Å². The van der Waals surface area contributed by atoms with Crippen LogP contribution in [0.3, 0.4) is 0 Å². The molecule has 106 valence electrons. The van der Waals surface area contributed by atoms with E-state index in [1.54, 1.807) is 0 Å². The van der Waals surface area contributed by atoms with Gasteiger partial charge in [0.05, 0.1) is 11.7 Å². The number of aromatic nitrogens is 1. The van der Waals surface area contributed by atoms with Crippen molar-refractivity contribution in [2.45, 2.75) is 12.5 Å². The summed E-state index contributed by atoms with van der Waals surface area (Å²) in [5, 5.41) is 21.2. The molecule has 1 aromatic carbocycles. The van der Waals surface area contributed by atoms with Crippen LogP contribution in [0, 0.1) is 11.3 Å². The zero-order chi connectivity index (χ0) is 15.1. The van der Waals surface area contributed by atoms with Gasteiger partial charge in [-0.25, -0.2) is 4.98 Å². The molecule has 0 spiro atoms. The maximum atomic E-state index is 11.8. The van der Waals surface area contributed by atoms with Gasteiger partial charge in [-0.1, -0.05) is 30.3 Å². The fraction of sp³-hybridized carbons (Fsp3) is 0.188. The first-order chi connectivity index (χ1) is 10.2. The Hall–Kier alpha value is -2.71. The first-order valence-electron chi connectivity index (χ1n) is 6.55. The van der Waals surface area contributed by atoms with Crippen LogP contribution in [0.1, 0.15) is 21.6 Å². The summed E-state index contributed by atoms with van der Waals surface area (Å²) in [6, 6.07) is 14.5. The third kappa shape index (κ3) is 4.41. The normalized spacial score (nSPS) is 11.4. The van der Waals surface area contributed by atoms with Crippen LogP contribution < -0.4 is 5.32 Å². The Balaban J connectivity index is 1.84. The molecular weight excluding hydrogens is 266 g/mol. The summed E-state index contributed by atoms with van der Waals surface area (Å²) in [6.45, 7) is 0.148. The molecule has 0 aliphatic rings. The van der Waals surface area contributed by atoms with Gasteiger partial charge in [-0.05, 0) is 17.7 Å². The van der Waals surface area contributed by atoms with Gasteiger partial charge < -0.3 is 10.4 Å². The third-order valence-electron chi connectivity index (χ3n) is 2.94. The van der Waals surface area contributed by atoms with Gasteiger partial charge in [0.2, 0.25) is 0 Å². The molecule has 1 aromatic heterocycles. The zero-order valence-electron chi connectivity index (χ0n) is 11.4. The Labute approximate surface area is 122 Å². The molecule has 1 unspecified atom stereocenters. The van der Waals surface area contributed by atoms with Gasteiger partial charge in [-0.3, -0.25) is 4.79 Å². The second-order valence-electron chi connectivity index (χ2n) is 4.60. The molecule has 0 radical (unpaired) electrons. The van der Waals surface area contributed by atoms with E-state index in [4.69, 9.17) is 5.26 Å². The Bertz CT molecular complexity index is 633. The van der Waals surface area contributed by atoms with Gasteiger partial charge in [0.15, 0.2) is 0 Å². The van der Waals surface area contributed by atoms with Crippen LogP contribution in [0.5, 0.6) is 0 Å². The summed E-state index contributed by atoms with van der Waals surface area (Å²) < 4.78 is 0. The fourth-order valence-corrected chi connectivity index (χ4v) is 1.85. The highest BCUT2D eigenvalue weighted by atomic mass is 16.3. The van der Waals surface area contributed by atoms with E-state index in [1.165, 1.54) is 18.3 Å². The van der Waals surface area contributed by atoms with E-state index in [2.05, 4.69) is 10.3 Å². The molecule has 2 N–H and O–H groups in total. The summed E-state index contributed by atoms with van der Waals surface area (Å²) in [5.74, 6) is -0.369. The second kappa shape index (κ2) is 7.17. The molecule has 0 fully saturated rings. The van der Waals surface area contributed by atoms with Crippen LogP contribution in [0.15, 0.2) is 48.7 Å². The van der Waals surface area contributed by atoms with E-state index >= 15 is 0 Å². The van der Waals surface area contributed by atoms with Gasteiger partial charge in [-0.15, -0.1) is 0 Å². The van der Waals surface area contributed by atoms with E-state index in [9.17, 15) is 9.90 Å². The topological polar surface area (TPSA) is 86.0 Å². The van der Waals surface area contributed by atoms with Crippen molar-refractivity contribution >= 4 is 5.91 Å². The van der Waals surface area contributed by atoms with Crippen molar-refractivity contribution in [1.29, 1.82) is 5.26 Å². The molecule has 1 heterocycles. The van der Waals surface area contributed by atoms with Crippen molar-refractivity contribution in [3.8, 4) is 6.07 Å². The van der Waals surface area contributed by atoms with Crippen molar-refractivity contribution in [2.24, 2.45) is 0 Å². The number of pyridine rings is 1. The van der Waals surface area contributed by atoms with E-state index in [0.29, 0.717) is 12.0 Å². The van der Waals surface area contributed by atoms with Crippen LogP contribution in [-0.2, 0) is 6.42 Å². The minimum atomic E-state index is -0.658. The molecule has 21 heavy (non-hydrogen) atoms. The number of benzene rings is 1. The molecule has 0 aliphatic heterocycles. The Kier molecular flexibility index (Phi) is 5.02. The lowest BCUT2D eigenvalue weighted by Gasteiger charge is -2.11. The van der Waals surface area contributed by atoms with Crippen LogP contribution in [-0.4, -0.2) is 28.6 Å². The zero-order valence-corrected chi connectivity index (χ0v) is 11.4. The quantitative estimate of drug-likeness (QED) is 0.864. The number of carbonyl (C=O) groups is 1. The van der Waals surface area contributed by atoms with E-state index in [0.717, 1.165) is 5.56 Å². The highest BCUT2D eigenvalue weighted by molar-refractivity contribution is 5.92. The Morgan fingerprint density at radius 3 is 2.67 bits per heavy atom. The van der Waals surface area contributed by atoms with E-state index in [1.807, 2.05) is 36.4 Å². The van der Waals surface area contributed by atoms with Crippen LogP contribution in [0.4, 0.5) is 0 Å². The average Bonchev–Trinajstić information content (AvgIpc) is 2.53. The first-order valence-corrected chi connectivity index (χ1v) is 6.55. The van der Waals surface area contributed by atoms with Crippen LogP contribution in [0.2, 0.25) is 0 Å². The maximum absolute atomic E-state index is 11.8. The number of amides is 1. The molecule has 2 rings (SSSR count). The maximum Gasteiger partial charge on any atom is 0.269 e. The smallest absolute Gasteiger partial charge is 0.269 e. The predicted octanol–water partition coefficient (Wildman–Crippen LogP) is 1.29. The molecule has 5 heteroatoms. The van der Waals surface area contributed by atoms with Crippen LogP contribution in [0.25, 0.3) is 0 Å². The molecule has 0 bridgehead atoms. The Morgan fingerprint density at radius 1 is 1.29 bits per heavy atom. The summed E-state index contributed by atoms with van der Waals surface area (Å²) in [5.41, 5.74) is 1.63. The number of hydrogen-bond acceptors (Lipinski definition) is 4. The minimum Gasteiger partial charge on any atom is -0.391 e. The lowest BCUT2D eigenvalue weighted by molar-refractivity contribution is 0.0911. The largest absolute Gasteiger partial charge is 0.391 e. The van der Waals surface area contributed by atoms with Gasteiger partial charge in [0.25, 0.3) is 5.91 Å². The lowest BCUT2D eigenvalue weighted by atomic mass is 10.1. The van der Waals surface area contributed by atoms with E-state index in [-0.39, 0.29) is 18.1 Å². The van der Waals surface area contributed by atoms with Crippen molar-refractivity contribution < 1.29 is 9.90 Å². The van der Waals surface area contributed by atoms with Crippen molar-refractivity contribution in [2.75, 3.05) is 6.54 Å². The minimum absolute atomic E-state index is 0.148. The summed E-state index contributed by atoms with van der Waals surface area (Å²) in [6.07, 6.45) is 1.16. The highest BCUT2D eigenvalue weighted by Crippen LogP contribution is 2.03. The number of hydrogen-bond donors (Lipinski definition) is 2. The standard InChI is InChI=1S/C16H15N3O2/c17-9-13-6-7-15(18-10-13)16(21)19-11-14(20)8-12-4-2-1-3-5-12/h1-7,10,14,20H,8,11H2,(H,19,21).